The highest BCUT2D eigenvalue weighted by atomic mass is 16.5. The van der Waals surface area contributed by atoms with E-state index in [1.165, 1.54) is 5.56 Å². The van der Waals surface area contributed by atoms with Crippen LogP contribution in [0.1, 0.15) is 29.3 Å². The number of ether oxygens (including phenoxy) is 1. The van der Waals surface area contributed by atoms with E-state index in [4.69, 9.17) is 4.74 Å². The molecule has 1 amide bonds. The van der Waals surface area contributed by atoms with Crippen molar-refractivity contribution in [3.05, 3.63) is 65.8 Å². The third kappa shape index (κ3) is 3.13. The normalized spacial score (nSPS) is 16.2. The van der Waals surface area contributed by atoms with Crippen LogP contribution in [0.4, 0.5) is 0 Å². The zero-order valence-corrected chi connectivity index (χ0v) is 15.6. The van der Waals surface area contributed by atoms with Gasteiger partial charge in [-0.05, 0) is 24.5 Å². The van der Waals surface area contributed by atoms with Gasteiger partial charge in [0.2, 0.25) is 5.91 Å². The molecular formula is C21H22N4O2. The molecule has 2 aliphatic heterocycles. The maximum atomic E-state index is 12.7. The van der Waals surface area contributed by atoms with Gasteiger partial charge in [0.15, 0.2) is 0 Å². The van der Waals surface area contributed by atoms with E-state index in [-0.39, 0.29) is 12.5 Å². The third-order valence-electron chi connectivity index (χ3n) is 4.92. The van der Waals surface area contributed by atoms with E-state index >= 15 is 0 Å². The Labute approximate surface area is 158 Å². The number of hydrogen-bond donors (Lipinski definition) is 0. The summed E-state index contributed by atoms with van der Waals surface area (Å²) in [7, 11) is 1.64. The average molecular weight is 362 g/mol. The lowest BCUT2D eigenvalue weighted by atomic mass is 9.89. The molecule has 0 bridgehead atoms. The number of benzene rings is 1. The highest BCUT2D eigenvalue weighted by Crippen LogP contribution is 2.34. The molecule has 0 atom stereocenters. The van der Waals surface area contributed by atoms with E-state index < -0.39 is 0 Å². The van der Waals surface area contributed by atoms with Gasteiger partial charge in [0, 0.05) is 31.5 Å². The molecule has 0 fully saturated rings. The molecule has 6 nitrogen and oxygen atoms in total. The van der Waals surface area contributed by atoms with Crippen LogP contribution < -0.4 is 0 Å². The van der Waals surface area contributed by atoms with Crippen molar-refractivity contribution in [1.29, 1.82) is 0 Å². The van der Waals surface area contributed by atoms with Crippen molar-refractivity contribution < 1.29 is 9.53 Å². The Balaban J connectivity index is 1.81. The second-order valence-electron chi connectivity index (χ2n) is 6.82. The quantitative estimate of drug-likeness (QED) is 0.844. The Kier molecular flexibility index (Phi) is 4.49. The number of fused-ring (bicyclic) bond motifs is 3. The van der Waals surface area contributed by atoms with Gasteiger partial charge in [0.25, 0.3) is 0 Å². The molecular weight excluding hydrogens is 340 g/mol. The van der Waals surface area contributed by atoms with E-state index in [2.05, 4.69) is 28.7 Å². The second kappa shape index (κ2) is 6.96. The molecule has 3 heterocycles. The van der Waals surface area contributed by atoms with Crippen LogP contribution in [0.25, 0.3) is 11.3 Å². The number of carbonyl (C=O) groups excluding carboxylic acids is 1. The van der Waals surface area contributed by atoms with Gasteiger partial charge in [0.1, 0.15) is 18.7 Å². The lowest BCUT2D eigenvalue weighted by Gasteiger charge is -2.32. The maximum absolute atomic E-state index is 12.7. The van der Waals surface area contributed by atoms with Gasteiger partial charge in [-0.3, -0.25) is 14.4 Å². The number of aromatic nitrogens is 2. The summed E-state index contributed by atoms with van der Waals surface area (Å²) in [5, 5.41) is 0. The molecule has 6 heteroatoms. The second-order valence-corrected chi connectivity index (χ2v) is 6.82. The number of methoxy groups -OCH3 is 1. The zero-order chi connectivity index (χ0) is 19.0. The smallest absolute Gasteiger partial charge is 0.248 e. The molecule has 0 saturated carbocycles. The van der Waals surface area contributed by atoms with Crippen molar-refractivity contribution >= 4 is 23.0 Å². The summed E-state index contributed by atoms with van der Waals surface area (Å²) in [4.78, 5) is 23.4. The minimum absolute atomic E-state index is 0.0138. The van der Waals surface area contributed by atoms with E-state index in [9.17, 15) is 4.79 Å². The van der Waals surface area contributed by atoms with E-state index in [0.717, 1.165) is 34.5 Å². The van der Waals surface area contributed by atoms with E-state index in [0.29, 0.717) is 19.0 Å². The number of allylic oxidation sites excluding steroid dienone is 2. The van der Waals surface area contributed by atoms with Crippen molar-refractivity contribution in [1.82, 2.24) is 14.5 Å². The van der Waals surface area contributed by atoms with Crippen molar-refractivity contribution in [2.45, 2.75) is 20.0 Å². The number of rotatable bonds is 3. The van der Waals surface area contributed by atoms with Crippen molar-refractivity contribution in [2.24, 2.45) is 4.99 Å². The largest absolute Gasteiger partial charge is 0.378 e. The Morgan fingerprint density at radius 2 is 2.22 bits per heavy atom. The first kappa shape index (κ1) is 17.4. The molecule has 1 aromatic carbocycles. The van der Waals surface area contributed by atoms with Gasteiger partial charge in [-0.2, -0.15) is 0 Å². The van der Waals surface area contributed by atoms with Crippen LogP contribution in [0, 0.1) is 0 Å². The highest BCUT2D eigenvalue weighted by molar-refractivity contribution is 6.06. The molecule has 0 unspecified atom stereocenters. The van der Waals surface area contributed by atoms with Crippen LogP contribution in [0.3, 0.4) is 0 Å². The lowest BCUT2D eigenvalue weighted by molar-refractivity contribution is -0.126. The third-order valence-corrected chi connectivity index (χ3v) is 4.92. The number of hydrogen-bond acceptors (Lipinski definition) is 4. The molecule has 0 spiro atoms. The summed E-state index contributed by atoms with van der Waals surface area (Å²) in [5.74, 6) is 0.712. The monoisotopic (exact) mass is 362 g/mol. The predicted molar refractivity (Wildman–Crippen MR) is 105 cm³/mol. The summed E-state index contributed by atoms with van der Waals surface area (Å²) < 4.78 is 6.98. The van der Waals surface area contributed by atoms with Crippen LogP contribution in [0.5, 0.6) is 0 Å². The molecule has 4 rings (SSSR count). The number of imidazole rings is 1. The standard InChI is InChI=1S/C21H22N4O2/c1-14(2)16-5-4-6-18-17(16)7-8-25-19(18)9-20(22-10-21(25)26)24-11-15(12-27-3)23-13-24/h4-6,9,11,13H,1,7-8,10,12H2,2-3H3. The van der Waals surface area contributed by atoms with Crippen LogP contribution in [0.15, 0.2) is 48.4 Å². The van der Waals surface area contributed by atoms with Gasteiger partial charge in [-0.25, -0.2) is 4.98 Å². The number of aliphatic imine (C=N–C) groups is 1. The molecule has 27 heavy (non-hydrogen) atoms. The van der Waals surface area contributed by atoms with E-state index in [1.807, 2.05) is 34.7 Å². The zero-order valence-electron chi connectivity index (χ0n) is 15.6. The van der Waals surface area contributed by atoms with Gasteiger partial charge >= 0.3 is 0 Å². The molecule has 1 aromatic heterocycles. The first-order valence-corrected chi connectivity index (χ1v) is 8.95. The summed E-state index contributed by atoms with van der Waals surface area (Å²) in [6.45, 7) is 7.35. The van der Waals surface area contributed by atoms with Crippen LogP contribution in [-0.2, 0) is 22.6 Å². The van der Waals surface area contributed by atoms with Crippen molar-refractivity contribution in [3.63, 3.8) is 0 Å². The Bertz CT molecular complexity index is 984. The maximum Gasteiger partial charge on any atom is 0.248 e. The predicted octanol–water partition coefficient (Wildman–Crippen LogP) is 2.75. The molecule has 0 N–H and O–H groups in total. The van der Waals surface area contributed by atoms with Gasteiger partial charge in [-0.1, -0.05) is 30.4 Å². The fourth-order valence-electron chi connectivity index (χ4n) is 3.67. The topological polar surface area (TPSA) is 59.7 Å². The summed E-state index contributed by atoms with van der Waals surface area (Å²) in [5.41, 5.74) is 6.22. The van der Waals surface area contributed by atoms with Crippen LogP contribution >= 0.6 is 0 Å². The fourth-order valence-corrected chi connectivity index (χ4v) is 3.67. The van der Waals surface area contributed by atoms with Gasteiger partial charge < -0.3 is 9.64 Å². The average Bonchev–Trinajstić information content (AvgIpc) is 3.05. The van der Waals surface area contributed by atoms with Crippen LogP contribution in [-0.4, -0.2) is 46.4 Å². The summed E-state index contributed by atoms with van der Waals surface area (Å²) in [6.07, 6.45) is 6.38. The van der Waals surface area contributed by atoms with Gasteiger partial charge in [0.05, 0.1) is 18.0 Å². The van der Waals surface area contributed by atoms with Crippen molar-refractivity contribution in [2.75, 3.05) is 20.2 Å². The van der Waals surface area contributed by atoms with Crippen LogP contribution in [0.2, 0.25) is 0 Å². The first-order chi connectivity index (χ1) is 13.1. The fraction of sp³-hybridized carbons (Fsp3) is 0.286. The summed E-state index contributed by atoms with van der Waals surface area (Å²) in [6, 6.07) is 6.19. The molecule has 2 aromatic rings. The lowest BCUT2D eigenvalue weighted by Crippen LogP contribution is -2.36. The SMILES string of the molecule is C=C(C)c1cccc2c1CCN1C(=O)CN=C(n3cnc(COC)c3)C=C21. The Hall–Kier alpha value is -2.99. The molecule has 2 aliphatic rings. The van der Waals surface area contributed by atoms with Gasteiger partial charge in [-0.15, -0.1) is 0 Å². The Morgan fingerprint density at radius 1 is 1.37 bits per heavy atom. The molecule has 0 aliphatic carbocycles. The Morgan fingerprint density at radius 3 is 3.00 bits per heavy atom. The minimum Gasteiger partial charge on any atom is -0.378 e. The molecule has 0 saturated heterocycles. The summed E-state index contributed by atoms with van der Waals surface area (Å²) >= 11 is 0. The molecule has 0 radical (unpaired) electrons. The highest BCUT2D eigenvalue weighted by Gasteiger charge is 2.29. The van der Waals surface area contributed by atoms with E-state index in [1.54, 1.807) is 13.4 Å². The minimum atomic E-state index is 0.0138. The number of amides is 1. The molecule has 138 valence electrons. The van der Waals surface area contributed by atoms with Crippen molar-refractivity contribution in [3.8, 4) is 0 Å². The first-order valence-electron chi connectivity index (χ1n) is 8.95. The number of nitrogens with zero attached hydrogens (tertiary/aromatic N) is 4. The number of carbonyl (C=O) groups is 1.